The Kier molecular flexibility index (Phi) is 6.40. The van der Waals surface area contributed by atoms with Crippen LogP contribution in [0.15, 0.2) is 0 Å². The molecule has 0 spiro atoms. The van der Waals surface area contributed by atoms with E-state index in [1.165, 1.54) is 32.1 Å². The Hall–Kier alpha value is -0.710. The molecule has 0 aromatic rings. The normalized spacial score (nSPS) is 27.8. The summed E-state index contributed by atoms with van der Waals surface area (Å²) in [6, 6.07) is -0.710. The number of carbonyl (C=O) groups excluding carboxylic acids is 2. The second-order valence-electron chi connectivity index (χ2n) is 6.40. The fourth-order valence-corrected chi connectivity index (χ4v) is 3.75. The minimum absolute atomic E-state index is 0.0120. The van der Waals surface area contributed by atoms with Crippen LogP contribution in [0.2, 0.25) is 0 Å². The second kappa shape index (κ2) is 8.06. The number of piperazine rings is 1. The number of thiol groups is 1. The van der Waals surface area contributed by atoms with Crippen LogP contribution < -0.4 is 5.32 Å². The van der Waals surface area contributed by atoms with E-state index in [2.05, 4.69) is 24.9 Å². The number of nitrogens with one attached hydrogen (secondary N) is 1. The van der Waals surface area contributed by atoms with E-state index in [9.17, 15) is 9.59 Å². The molecule has 21 heavy (non-hydrogen) atoms. The largest absolute Gasteiger partial charge is 0.342 e. The zero-order valence-electron chi connectivity index (χ0n) is 13.0. The van der Waals surface area contributed by atoms with E-state index in [-0.39, 0.29) is 17.9 Å². The van der Waals surface area contributed by atoms with E-state index < -0.39 is 6.04 Å². The van der Waals surface area contributed by atoms with Crippen LogP contribution in [-0.4, -0.2) is 41.1 Å². The highest BCUT2D eigenvalue weighted by Crippen LogP contribution is 2.27. The van der Waals surface area contributed by atoms with Crippen molar-refractivity contribution in [2.45, 2.75) is 70.4 Å². The molecule has 1 aliphatic carbocycles. The monoisotopic (exact) mass is 312 g/mol. The number of rotatable bonds is 6. The van der Waals surface area contributed by atoms with Crippen molar-refractivity contribution in [3.63, 3.8) is 0 Å². The van der Waals surface area contributed by atoms with Gasteiger partial charge in [-0.15, -0.1) is 0 Å². The predicted octanol–water partition coefficient (Wildman–Crippen LogP) is 2.38. The van der Waals surface area contributed by atoms with Gasteiger partial charge in [0.1, 0.15) is 12.1 Å². The zero-order chi connectivity index (χ0) is 15.2. The minimum Gasteiger partial charge on any atom is -0.342 e. The first-order valence-electron chi connectivity index (χ1n) is 8.39. The average molecular weight is 312 g/mol. The summed E-state index contributed by atoms with van der Waals surface area (Å²) in [5.74, 6) is 1.03. The van der Waals surface area contributed by atoms with Gasteiger partial charge in [0.05, 0.1) is 0 Å². The third-order valence-electron chi connectivity index (χ3n) is 4.77. The third kappa shape index (κ3) is 4.15. The second-order valence-corrected chi connectivity index (χ2v) is 6.76. The number of unbranched alkanes of at least 4 members (excludes halogenated alkanes) is 1. The highest BCUT2D eigenvalue weighted by atomic mass is 32.1. The van der Waals surface area contributed by atoms with Gasteiger partial charge < -0.3 is 10.2 Å². The molecule has 2 fully saturated rings. The van der Waals surface area contributed by atoms with Crippen molar-refractivity contribution in [2.24, 2.45) is 5.92 Å². The fraction of sp³-hybridized carbons (Fsp3) is 0.875. The maximum absolute atomic E-state index is 12.6. The van der Waals surface area contributed by atoms with E-state index in [0.717, 1.165) is 25.8 Å². The van der Waals surface area contributed by atoms with Gasteiger partial charge in [-0.3, -0.25) is 9.59 Å². The van der Waals surface area contributed by atoms with Gasteiger partial charge in [-0.2, -0.15) is 12.6 Å². The average Bonchev–Trinajstić information content (AvgIpc) is 2.51. The molecule has 1 saturated heterocycles. The maximum atomic E-state index is 12.6. The third-order valence-corrected chi connectivity index (χ3v) is 5.14. The molecule has 0 aromatic heterocycles. The molecule has 1 saturated carbocycles. The zero-order valence-corrected chi connectivity index (χ0v) is 13.9. The molecule has 1 heterocycles. The molecule has 2 rings (SSSR count). The molecule has 0 bridgehead atoms. The standard InChI is InChI=1S/C16H28N2O2S/c1-2-3-9-14-15(19)17-13(11-21)16(20)18(14)10-12-7-5-4-6-8-12/h12-14,21H,2-11H2,1H3,(H,17,19). The summed E-state index contributed by atoms with van der Waals surface area (Å²) in [7, 11) is 0. The molecule has 0 aromatic carbocycles. The van der Waals surface area contributed by atoms with Crippen molar-refractivity contribution in [3.8, 4) is 0 Å². The van der Waals surface area contributed by atoms with Gasteiger partial charge in [-0.05, 0) is 25.2 Å². The highest BCUT2D eigenvalue weighted by Gasteiger charge is 2.40. The first kappa shape index (κ1) is 16.7. The number of nitrogens with zero attached hydrogens (tertiary/aromatic N) is 1. The Morgan fingerprint density at radius 2 is 1.95 bits per heavy atom. The van der Waals surface area contributed by atoms with Crippen LogP contribution in [-0.2, 0) is 9.59 Å². The van der Waals surface area contributed by atoms with E-state index in [1.54, 1.807) is 0 Å². The Balaban J connectivity index is 2.07. The molecular formula is C16H28N2O2S. The van der Waals surface area contributed by atoms with Gasteiger partial charge in [0, 0.05) is 12.3 Å². The van der Waals surface area contributed by atoms with Crippen LogP contribution in [0.1, 0.15) is 58.3 Å². The number of hydrogen-bond acceptors (Lipinski definition) is 3. The SMILES string of the molecule is CCCCC1C(=O)NC(CS)C(=O)N1CC1CCCCC1. The van der Waals surface area contributed by atoms with Crippen LogP contribution in [0.4, 0.5) is 0 Å². The maximum Gasteiger partial charge on any atom is 0.246 e. The van der Waals surface area contributed by atoms with Crippen molar-refractivity contribution in [3.05, 3.63) is 0 Å². The lowest BCUT2D eigenvalue weighted by Gasteiger charge is -2.41. The van der Waals surface area contributed by atoms with Crippen molar-refractivity contribution in [2.75, 3.05) is 12.3 Å². The van der Waals surface area contributed by atoms with Gasteiger partial charge in [-0.25, -0.2) is 0 Å². The summed E-state index contributed by atoms with van der Waals surface area (Å²) in [4.78, 5) is 26.8. The Bertz CT molecular complexity index is 369. The molecular weight excluding hydrogens is 284 g/mol. The van der Waals surface area contributed by atoms with Crippen molar-refractivity contribution < 1.29 is 9.59 Å². The van der Waals surface area contributed by atoms with E-state index >= 15 is 0 Å². The summed E-state index contributed by atoms with van der Waals surface area (Å²) in [5, 5.41) is 2.84. The van der Waals surface area contributed by atoms with Gasteiger partial charge >= 0.3 is 0 Å². The quantitative estimate of drug-likeness (QED) is 0.740. The Labute approximate surface area is 133 Å². The molecule has 0 radical (unpaired) electrons. The fourth-order valence-electron chi connectivity index (χ4n) is 3.50. The van der Waals surface area contributed by atoms with Gasteiger partial charge in [0.15, 0.2) is 0 Å². The number of amides is 2. The smallest absolute Gasteiger partial charge is 0.246 e. The van der Waals surface area contributed by atoms with Gasteiger partial charge in [0.2, 0.25) is 11.8 Å². The van der Waals surface area contributed by atoms with Crippen molar-refractivity contribution >= 4 is 24.4 Å². The molecule has 120 valence electrons. The van der Waals surface area contributed by atoms with E-state index in [0.29, 0.717) is 11.7 Å². The van der Waals surface area contributed by atoms with Crippen LogP contribution in [0, 0.1) is 5.92 Å². The molecule has 1 aliphatic heterocycles. The first-order chi connectivity index (χ1) is 10.2. The highest BCUT2D eigenvalue weighted by molar-refractivity contribution is 7.80. The molecule has 1 N–H and O–H groups in total. The molecule has 2 amide bonds. The molecule has 2 unspecified atom stereocenters. The minimum atomic E-state index is -0.442. The topological polar surface area (TPSA) is 49.4 Å². The summed E-state index contributed by atoms with van der Waals surface area (Å²) >= 11 is 4.21. The van der Waals surface area contributed by atoms with Crippen LogP contribution in [0.5, 0.6) is 0 Å². The van der Waals surface area contributed by atoms with Gasteiger partial charge in [0.25, 0.3) is 0 Å². The summed E-state index contributed by atoms with van der Waals surface area (Å²) < 4.78 is 0. The predicted molar refractivity (Wildman–Crippen MR) is 87.4 cm³/mol. The van der Waals surface area contributed by atoms with Crippen LogP contribution >= 0.6 is 12.6 Å². The van der Waals surface area contributed by atoms with Crippen LogP contribution in [0.3, 0.4) is 0 Å². The summed E-state index contributed by atoms with van der Waals surface area (Å²) in [6.07, 6.45) is 9.02. The van der Waals surface area contributed by atoms with Crippen LogP contribution in [0.25, 0.3) is 0 Å². The number of hydrogen-bond donors (Lipinski definition) is 2. The molecule has 2 aliphatic rings. The van der Waals surface area contributed by atoms with E-state index in [1.807, 2.05) is 4.90 Å². The van der Waals surface area contributed by atoms with Crippen molar-refractivity contribution in [1.29, 1.82) is 0 Å². The Morgan fingerprint density at radius 3 is 2.57 bits per heavy atom. The lowest BCUT2D eigenvalue weighted by Crippen LogP contribution is -2.64. The van der Waals surface area contributed by atoms with Crippen molar-refractivity contribution in [1.82, 2.24) is 10.2 Å². The molecule has 4 nitrogen and oxygen atoms in total. The summed E-state index contributed by atoms with van der Waals surface area (Å²) in [5.41, 5.74) is 0. The number of carbonyl (C=O) groups is 2. The summed E-state index contributed by atoms with van der Waals surface area (Å²) in [6.45, 7) is 2.87. The Morgan fingerprint density at radius 1 is 1.24 bits per heavy atom. The van der Waals surface area contributed by atoms with E-state index in [4.69, 9.17) is 0 Å². The lowest BCUT2D eigenvalue weighted by molar-refractivity contribution is -0.149. The lowest BCUT2D eigenvalue weighted by atomic mass is 9.88. The first-order valence-corrected chi connectivity index (χ1v) is 9.02. The van der Waals surface area contributed by atoms with Gasteiger partial charge in [-0.1, -0.05) is 39.0 Å². The molecule has 2 atom stereocenters. The molecule has 5 heteroatoms.